The highest BCUT2D eigenvalue weighted by atomic mass is 16.3. The summed E-state index contributed by atoms with van der Waals surface area (Å²) in [5.74, 6) is 0.00749. The van der Waals surface area contributed by atoms with E-state index in [4.69, 9.17) is 0 Å². The van der Waals surface area contributed by atoms with Crippen LogP contribution in [0.15, 0.2) is 12.5 Å². The fourth-order valence-corrected chi connectivity index (χ4v) is 1.30. The standard InChI is InChI=1S/C11H19N3O2/c1-8(15)11(2,3)14-10(16)5-4-9-6-12-7-13-9/h6-7,10,14,16H,4-5H2,1-3H3,(H,12,13). The molecule has 16 heavy (non-hydrogen) atoms. The molecule has 0 aliphatic rings. The molecule has 1 rings (SSSR count). The Hall–Kier alpha value is -1.20. The van der Waals surface area contributed by atoms with E-state index in [1.165, 1.54) is 6.92 Å². The van der Waals surface area contributed by atoms with E-state index in [2.05, 4.69) is 15.3 Å². The predicted octanol–water partition coefficient (Wildman–Crippen LogP) is 0.618. The molecule has 0 aliphatic heterocycles. The number of aromatic nitrogens is 2. The van der Waals surface area contributed by atoms with Gasteiger partial charge in [0, 0.05) is 11.9 Å². The highest BCUT2D eigenvalue weighted by Crippen LogP contribution is 2.07. The van der Waals surface area contributed by atoms with Gasteiger partial charge in [-0.15, -0.1) is 0 Å². The molecule has 1 heterocycles. The zero-order valence-electron chi connectivity index (χ0n) is 9.95. The maximum absolute atomic E-state index is 11.2. The van der Waals surface area contributed by atoms with Crippen LogP contribution in [0.5, 0.6) is 0 Å². The molecule has 0 radical (unpaired) electrons. The molecule has 0 fully saturated rings. The van der Waals surface area contributed by atoms with Crippen LogP contribution in [0, 0.1) is 0 Å². The van der Waals surface area contributed by atoms with Gasteiger partial charge in [0.15, 0.2) is 0 Å². The number of H-pyrrole nitrogens is 1. The number of aliphatic hydroxyl groups excluding tert-OH is 1. The lowest BCUT2D eigenvalue weighted by Gasteiger charge is -2.26. The van der Waals surface area contributed by atoms with Crippen LogP contribution in [0.25, 0.3) is 0 Å². The Morgan fingerprint density at radius 1 is 1.69 bits per heavy atom. The molecule has 5 heteroatoms. The van der Waals surface area contributed by atoms with Crippen LogP contribution in [0.2, 0.25) is 0 Å². The molecule has 1 aromatic heterocycles. The molecule has 1 unspecified atom stereocenters. The summed E-state index contributed by atoms with van der Waals surface area (Å²) in [5.41, 5.74) is 0.286. The summed E-state index contributed by atoms with van der Waals surface area (Å²) in [5, 5.41) is 12.6. The monoisotopic (exact) mass is 225 g/mol. The summed E-state index contributed by atoms with van der Waals surface area (Å²) in [6.07, 6.45) is 3.88. The second-order valence-corrected chi connectivity index (χ2v) is 4.46. The number of ketones is 1. The molecule has 3 N–H and O–H groups in total. The molecule has 0 aliphatic carbocycles. The van der Waals surface area contributed by atoms with Crippen molar-refractivity contribution in [1.29, 1.82) is 0 Å². The van der Waals surface area contributed by atoms with Gasteiger partial charge < -0.3 is 10.1 Å². The van der Waals surface area contributed by atoms with E-state index in [0.29, 0.717) is 12.8 Å². The van der Waals surface area contributed by atoms with Crippen molar-refractivity contribution in [2.75, 3.05) is 0 Å². The molecule has 0 saturated heterocycles. The molecule has 5 nitrogen and oxygen atoms in total. The van der Waals surface area contributed by atoms with Crippen molar-refractivity contribution < 1.29 is 9.90 Å². The van der Waals surface area contributed by atoms with Crippen LogP contribution in [0.1, 0.15) is 32.9 Å². The fraction of sp³-hybridized carbons (Fsp3) is 0.636. The van der Waals surface area contributed by atoms with Gasteiger partial charge in [0.1, 0.15) is 12.0 Å². The topological polar surface area (TPSA) is 78.0 Å². The summed E-state index contributed by atoms with van der Waals surface area (Å²) < 4.78 is 0. The van der Waals surface area contributed by atoms with Crippen molar-refractivity contribution in [2.45, 2.75) is 45.4 Å². The summed E-state index contributed by atoms with van der Waals surface area (Å²) in [4.78, 5) is 18.1. The maximum atomic E-state index is 11.2. The Labute approximate surface area is 95.3 Å². The van der Waals surface area contributed by atoms with Crippen LogP contribution < -0.4 is 5.32 Å². The number of aryl methyl sites for hydroxylation is 1. The normalized spacial score (nSPS) is 13.8. The molecule has 0 spiro atoms. The van der Waals surface area contributed by atoms with Gasteiger partial charge in [0.05, 0.1) is 11.9 Å². The van der Waals surface area contributed by atoms with E-state index in [1.54, 1.807) is 26.4 Å². The lowest BCUT2D eigenvalue weighted by Crippen LogP contribution is -2.50. The van der Waals surface area contributed by atoms with Gasteiger partial charge in [0.25, 0.3) is 0 Å². The van der Waals surface area contributed by atoms with Crippen LogP contribution in [0.3, 0.4) is 0 Å². The van der Waals surface area contributed by atoms with Crippen molar-refractivity contribution in [1.82, 2.24) is 15.3 Å². The molecular weight excluding hydrogens is 206 g/mol. The van der Waals surface area contributed by atoms with Crippen molar-refractivity contribution in [2.24, 2.45) is 0 Å². The Kier molecular flexibility index (Phi) is 4.20. The highest BCUT2D eigenvalue weighted by Gasteiger charge is 2.25. The Balaban J connectivity index is 2.36. The minimum atomic E-state index is -0.692. The predicted molar refractivity (Wildman–Crippen MR) is 60.8 cm³/mol. The van der Waals surface area contributed by atoms with Gasteiger partial charge in [-0.05, 0) is 33.6 Å². The molecule has 1 aromatic rings. The molecule has 0 saturated carbocycles. The van der Waals surface area contributed by atoms with E-state index in [9.17, 15) is 9.90 Å². The number of aliphatic hydroxyl groups is 1. The maximum Gasteiger partial charge on any atom is 0.149 e. The lowest BCUT2D eigenvalue weighted by molar-refractivity contribution is -0.123. The number of nitrogens with one attached hydrogen (secondary N) is 2. The number of nitrogens with zero attached hydrogens (tertiary/aromatic N) is 1. The van der Waals surface area contributed by atoms with E-state index in [-0.39, 0.29) is 5.78 Å². The Morgan fingerprint density at radius 2 is 2.38 bits per heavy atom. The van der Waals surface area contributed by atoms with Crippen LogP contribution in [-0.4, -0.2) is 32.6 Å². The third-order valence-electron chi connectivity index (χ3n) is 2.65. The zero-order valence-corrected chi connectivity index (χ0v) is 9.95. The molecule has 0 amide bonds. The van der Waals surface area contributed by atoms with Crippen molar-refractivity contribution in [3.05, 3.63) is 18.2 Å². The largest absolute Gasteiger partial charge is 0.379 e. The van der Waals surface area contributed by atoms with Crippen LogP contribution in [-0.2, 0) is 11.2 Å². The second-order valence-electron chi connectivity index (χ2n) is 4.46. The average Bonchev–Trinajstić information content (AvgIpc) is 2.66. The summed E-state index contributed by atoms with van der Waals surface area (Å²) in [7, 11) is 0. The number of hydrogen-bond acceptors (Lipinski definition) is 4. The van der Waals surface area contributed by atoms with Crippen molar-refractivity contribution in [3.63, 3.8) is 0 Å². The molecule has 1 atom stereocenters. The molecule has 0 aromatic carbocycles. The number of carbonyl (C=O) groups excluding carboxylic acids is 1. The quantitative estimate of drug-likeness (QED) is 0.620. The molecule has 90 valence electrons. The Morgan fingerprint density at radius 3 is 2.88 bits per heavy atom. The van der Waals surface area contributed by atoms with E-state index >= 15 is 0 Å². The lowest BCUT2D eigenvalue weighted by atomic mass is 10.00. The minimum Gasteiger partial charge on any atom is -0.379 e. The first-order valence-electron chi connectivity index (χ1n) is 5.36. The summed E-state index contributed by atoms with van der Waals surface area (Å²) >= 11 is 0. The first-order valence-corrected chi connectivity index (χ1v) is 5.36. The summed E-state index contributed by atoms with van der Waals surface area (Å²) in [6.45, 7) is 5.03. The second kappa shape index (κ2) is 5.23. The van der Waals surface area contributed by atoms with Gasteiger partial charge in [-0.2, -0.15) is 0 Å². The number of imidazole rings is 1. The highest BCUT2D eigenvalue weighted by molar-refractivity contribution is 5.85. The molecule has 0 bridgehead atoms. The van der Waals surface area contributed by atoms with Crippen LogP contribution >= 0.6 is 0 Å². The minimum absolute atomic E-state index is 0.00749. The number of aromatic amines is 1. The summed E-state index contributed by atoms with van der Waals surface area (Å²) in [6, 6.07) is 0. The number of Topliss-reactive ketones (excluding diaryl/α,β-unsaturated/α-hetero) is 1. The van der Waals surface area contributed by atoms with E-state index < -0.39 is 11.8 Å². The fourth-order valence-electron chi connectivity index (χ4n) is 1.30. The van der Waals surface area contributed by atoms with E-state index in [0.717, 1.165) is 5.69 Å². The number of hydrogen-bond donors (Lipinski definition) is 3. The van der Waals surface area contributed by atoms with Gasteiger partial charge in [-0.1, -0.05) is 0 Å². The van der Waals surface area contributed by atoms with E-state index in [1.807, 2.05) is 0 Å². The zero-order chi connectivity index (χ0) is 12.2. The molecular formula is C11H19N3O2. The average molecular weight is 225 g/mol. The first-order chi connectivity index (χ1) is 7.42. The Bertz CT molecular complexity index is 333. The third-order valence-corrected chi connectivity index (χ3v) is 2.65. The number of carbonyl (C=O) groups is 1. The van der Waals surface area contributed by atoms with Gasteiger partial charge in [-0.25, -0.2) is 4.98 Å². The van der Waals surface area contributed by atoms with Gasteiger partial charge in [-0.3, -0.25) is 10.1 Å². The van der Waals surface area contributed by atoms with Crippen LogP contribution in [0.4, 0.5) is 0 Å². The van der Waals surface area contributed by atoms with Gasteiger partial charge >= 0.3 is 0 Å². The number of rotatable bonds is 6. The van der Waals surface area contributed by atoms with Gasteiger partial charge in [0.2, 0.25) is 0 Å². The first kappa shape index (κ1) is 12.9. The SMILES string of the molecule is CC(=O)C(C)(C)NC(O)CCc1cnc[nH]1. The smallest absolute Gasteiger partial charge is 0.149 e. The third kappa shape index (κ3) is 3.75. The van der Waals surface area contributed by atoms with Crippen molar-refractivity contribution >= 4 is 5.78 Å². The van der Waals surface area contributed by atoms with Crippen molar-refractivity contribution in [3.8, 4) is 0 Å².